The number of thioether (sulfide) groups is 1. The number of carbonyl (C=O) groups is 1. The molecule has 0 saturated heterocycles. The van der Waals surface area contributed by atoms with Crippen LogP contribution in [0.2, 0.25) is 18.1 Å². The second-order valence-electron chi connectivity index (χ2n) is 6.31. The van der Waals surface area contributed by atoms with Crippen LogP contribution in [-0.4, -0.2) is 44.0 Å². The van der Waals surface area contributed by atoms with Crippen molar-refractivity contribution >= 4 is 32.2 Å². The molecule has 1 heterocycles. The van der Waals surface area contributed by atoms with E-state index >= 15 is 0 Å². The Labute approximate surface area is 132 Å². The third-order valence-corrected chi connectivity index (χ3v) is 8.87. The maximum absolute atomic E-state index is 11.0. The van der Waals surface area contributed by atoms with Gasteiger partial charge in [-0.2, -0.15) is 0 Å². The summed E-state index contributed by atoms with van der Waals surface area (Å²) >= 11 is 1.45. The van der Waals surface area contributed by atoms with Crippen LogP contribution in [0.4, 0.5) is 5.82 Å². The van der Waals surface area contributed by atoms with Gasteiger partial charge in [0.1, 0.15) is 5.82 Å². The van der Waals surface area contributed by atoms with Crippen molar-refractivity contribution in [3.05, 3.63) is 11.8 Å². The fourth-order valence-electron chi connectivity index (χ4n) is 1.39. The zero-order valence-corrected chi connectivity index (χ0v) is 15.5. The van der Waals surface area contributed by atoms with Crippen LogP contribution in [-0.2, 0) is 4.43 Å². The van der Waals surface area contributed by atoms with Gasteiger partial charge in [0, 0.05) is 12.7 Å². The van der Waals surface area contributed by atoms with Crippen molar-refractivity contribution in [2.45, 2.75) is 44.1 Å². The van der Waals surface area contributed by atoms with Gasteiger partial charge in [-0.1, -0.05) is 32.5 Å². The molecule has 1 N–H and O–H groups in total. The summed E-state index contributed by atoms with van der Waals surface area (Å²) in [5.74, 6) is 0.572. The van der Waals surface area contributed by atoms with Crippen LogP contribution in [0.1, 0.15) is 31.1 Å². The molecule has 0 saturated carbocycles. The molecule has 0 aliphatic heterocycles. The molecule has 21 heavy (non-hydrogen) atoms. The standard InChI is InChI=1S/C14H25N3O2SSi/c1-14(2,3)21(5,6)19-8-7-15-12-11(10-18)9-16-13(17-12)20-4/h9-10H,7-8H2,1-6H3,(H,15,16,17). The Morgan fingerprint density at radius 3 is 2.62 bits per heavy atom. The average Bonchev–Trinajstić information content (AvgIpc) is 2.42. The van der Waals surface area contributed by atoms with Crippen molar-refractivity contribution in [3.63, 3.8) is 0 Å². The van der Waals surface area contributed by atoms with E-state index in [9.17, 15) is 4.79 Å². The Hall–Kier alpha value is -0.923. The Bertz CT molecular complexity index is 490. The monoisotopic (exact) mass is 327 g/mol. The first-order chi connectivity index (χ1) is 9.71. The van der Waals surface area contributed by atoms with E-state index in [0.29, 0.717) is 29.7 Å². The lowest BCUT2D eigenvalue weighted by Gasteiger charge is -2.36. The second kappa shape index (κ2) is 7.37. The number of hydrogen-bond donors (Lipinski definition) is 1. The van der Waals surface area contributed by atoms with Crippen molar-refractivity contribution in [2.24, 2.45) is 0 Å². The summed E-state index contributed by atoms with van der Waals surface area (Å²) in [5.41, 5.74) is 0.472. The minimum atomic E-state index is -1.73. The largest absolute Gasteiger partial charge is 0.415 e. The molecule has 0 fully saturated rings. The van der Waals surface area contributed by atoms with Gasteiger partial charge in [0.2, 0.25) is 0 Å². The smallest absolute Gasteiger partial charge is 0.192 e. The van der Waals surface area contributed by atoms with Crippen molar-refractivity contribution in [3.8, 4) is 0 Å². The van der Waals surface area contributed by atoms with Crippen LogP contribution >= 0.6 is 11.8 Å². The molecule has 0 spiro atoms. The molecule has 0 bridgehead atoms. The number of aldehydes is 1. The number of nitrogens with one attached hydrogen (secondary N) is 1. The molecule has 118 valence electrons. The molecule has 0 atom stereocenters. The molecule has 1 rings (SSSR count). The Kier molecular flexibility index (Phi) is 6.36. The van der Waals surface area contributed by atoms with E-state index in [2.05, 4.69) is 49.1 Å². The highest BCUT2D eigenvalue weighted by molar-refractivity contribution is 7.98. The highest BCUT2D eigenvalue weighted by atomic mass is 32.2. The van der Waals surface area contributed by atoms with Crippen molar-refractivity contribution in [1.29, 1.82) is 0 Å². The average molecular weight is 328 g/mol. The lowest BCUT2D eigenvalue weighted by Crippen LogP contribution is -2.41. The fourth-order valence-corrected chi connectivity index (χ4v) is 2.78. The van der Waals surface area contributed by atoms with E-state index in [0.717, 1.165) is 6.29 Å². The topological polar surface area (TPSA) is 64.1 Å². The van der Waals surface area contributed by atoms with Crippen LogP contribution in [0.15, 0.2) is 11.4 Å². The van der Waals surface area contributed by atoms with E-state index in [1.165, 1.54) is 11.8 Å². The predicted molar refractivity (Wildman–Crippen MR) is 90.8 cm³/mol. The van der Waals surface area contributed by atoms with Gasteiger partial charge in [-0.05, 0) is 24.4 Å². The number of rotatable bonds is 7. The zero-order chi connectivity index (χ0) is 16.1. The van der Waals surface area contributed by atoms with Gasteiger partial charge in [-0.15, -0.1) is 0 Å². The van der Waals surface area contributed by atoms with Gasteiger partial charge in [0.05, 0.1) is 12.2 Å². The third kappa shape index (κ3) is 5.08. The Balaban J connectivity index is 2.59. The summed E-state index contributed by atoms with van der Waals surface area (Å²) in [6.07, 6.45) is 4.21. The zero-order valence-electron chi connectivity index (χ0n) is 13.7. The lowest BCUT2D eigenvalue weighted by molar-refractivity contribution is 0.112. The molecule has 0 amide bonds. The van der Waals surface area contributed by atoms with Gasteiger partial charge >= 0.3 is 0 Å². The van der Waals surface area contributed by atoms with Crippen LogP contribution in [0.5, 0.6) is 0 Å². The first kappa shape index (κ1) is 18.1. The molecule has 0 aromatic carbocycles. The van der Waals surface area contributed by atoms with Gasteiger partial charge in [-0.3, -0.25) is 4.79 Å². The van der Waals surface area contributed by atoms with Crippen LogP contribution in [0.3, 0.4) is 0 Å². The maximum Gasteiger partial charge on any atom is 0.192 e. The Morgan fingerprint density at radius 2 is 2.10 bits per heavy atom. The molecule has 5 nitrogen and oxygen atoms in total. The Morgan fingerprint density at radius 1 is 1.43 bits per heavy atom. The molecular weight excluding hydrogens is 302 g/mol. The van der Waals surface area contributed by atoms with Crippen LogP contribution in [0, 0.1) is 0 Å². The first-order valence-electron chi connectivity index (χ1n) is 6.95. The quantitative estimate of drug-likeness (QED) is 0.272. The molecule has 0 aliphatic rings. The van der Waals surface area contributed by atoms with Crippen molar-refractivity contribution in [2.75, 3.05) is 24.7 Å². The van der Waals surface area contributed by atoms with E-state index in [4.69, 9.17) is 4.43 Å². The van der Waals surface area contributed by atoms with Gasteiger partial charge in [-0.25, -0.2) is 9.97 Å². The van der Waals surface area contributed by atoms with E-state index in [1.54, 1.807) is 6.20 Å². The highest BCUT2D eigenvalue weighted by Gasteiger charge is 2.36. The minimum absolute atomic E-state index is 0.196. The summed E-state index contributed by atoms with van der Waals surface area (Å²) in [6.45, 7) is 12.3. The SMILES string of the molecule is CSc1ncc(C=O)c(NCCO[Si](C)(C)C(C)(C)C)n1. The van der Waals surface area contributed by atoms with Gasteiger partial charge in [0.15, 0.2) is 19.8 Å². The van der Waals surface area contributed by atoms with E-state index in [1.807, 2.05) is 6.26 Å². The van der Waals surface area contributed by atoms with Gasteiger partial charge in [0.25, 0.3) is 0 Å². The summed E-state index contributed by atoms with van der Waals surface area (Å²) in [6, 6.07) is 0. The van der Waals surface area contributed by atoms with Crippen LogP contribution < -0.4 is 5.32 Å². The highest BCUT2D eigenvalue weighted by Crippen LogP contribution is 2.36. The molecule has 0 aliphatic carbocycles. The number of hydrogen-bond acceptors (Lipinski definition) is 6. The molecule has 0 radical (unpaired) electrons. The van der Waals surface area contributed by atoms with E-state index < -0.39 is 8.32 Å². The van der Waals surface area contributed by atoms with Crippen LogP contribution in [0.25, 0.3) is 0 Å². The number of carbonyl (C=O) groups excluding carboxylic acids is 1. The number of anilines is 1. The van der Waals surface area contributed by atoms with Gasteiger partial charge < -0.3 is 9.74 Å². The first-order valence-corrected chi connectivity index (χ1v) is 11.1. The summed E-state index contributed by atoms with van der Waals surface area (Å²) in [5, 5.41) is 4.01. The summed E-state index contributed by atoms with van der Waals surface area (Å²) in [4.78, 5) is 19.4. The number of nitrogens with zero attached hydrogens (tertiary/aromatic N) is 2. The van der Waals surface area contributed by atoms with E-state index in [-0.39, 0.29) is 5.04 Å². The second-order valence-corrected chi connectivity index (χ2v) is 11.9. The number of aromatic nitrogens is 2. The molecule has 1 aromatic rings. The third-order valence-electron chi connectivity index (χ3n) is 3.77. The molecule has 1 aromatic heterocycles. The normalized spacial score (nSPS) is 12.3. The summed E-state index contributed by atoms with van der Waals surface area (Å²) in [7, 11) is -1.73. The van der Waals surface area contributed by atoms with Crippen molar-refractivity contribution in [1.82, 2.24) is 9.97 Å². The molecule has 0 unspecified atom stereocenters. The minimum Gasteiger partial charge on any atom is -0.415 e. The fraction of sp³-hybridized carbons (Fsp3) is 0.643. The lowest BCUT2D eigenvalue weighted by atomic mass is 10.2. The molecule has 7 heteroatoms. The maximum atomic E-state index is 11.0. The molecular formula is C14H25N3O2SSi. The predicted octanol–water partition coefficient (Wildman–Crippen LogP) is 3.44. The summed E-state index contributed by atoms with van der Waals surface area (Å²) < 4.78 is 6.09. The van der Waals surface area contributed by atoms with Crippen molar-refractivity contribution < 1.29 is 9.22 Å².